The topological polar surface area (TPSA) is 59.7 Å². The van der Waals surface area contributed by atoms with Crippen LogP contribution in [0.5, 0.6) is 0 Å². The van der Waals surface area contributed by atoms with Gasteiger partial charge in [-0.1, -0.05) is 17.4 Å². The van der Waals surface area contributed by atoms with E-state index >= 15 is 0 Å². The largest absolute Gasteiger partial charge is 0.435 e. The third-order valence-corrected chi connectivity index (χ3v) is 5.04. The van der Waals surface area contributed by atoms with Gasteiger partial charge in [-0.15, -0.1) is 0 Å². The van der Waals surface area contributed by atoms with E-state index in [4.69, 9.17) is 4.74 Å². The second-order valence-electron chi connectivity index (χ2n) is 6.47. The van der Waals surface area contributed by atoms with Crippen molar-refractivity contribution in [3.8, 4) is 0 Å². The smallest absolute Gasteiger partial charge is 0.377 e. The number of carbonyl (C=O) groups excluding carboxylic acids is 1. The van der Waals surface area contributed by atoms with Crippen LogP contribution in [0, 0.1) is 5.92 Å². The first-order valence-electron chi connectivity index (χ1n) is 8.46. The molecule has 0 unspecified atom stereocenters. The Labute approximate surface area is 164 Å². The molecule has 29 heavy (non-hydrogen) atoms. The highest BCUT2D eigenvalue weighted by atomic mass is 32.1. The van der Waals surface area contributed by atoms with Crippen molar-refractivity contribution in [3.63, 3.8) is 0 Å². The fourth-order valence-corrected chi connectivity index (χ4v) is 3.47. The van der Waals surface area contributed by atoms with Gasteiger partial charge in [0.2, 0.25) is 10.9 Å². The molecule has 0 saturated heterocycles. The van der Waals surface area contributed by atoms with Crippen LogP contribution in [0.1, 0.15) is 29.2 Å². The highest BCUT2D eigenvalue weighted by Gasteiger charge is 2.47. The molecule has 13 heteroatoms. The number of hydrogen-bond acceptors (Lipinski definition) is 5. The van der Waals surface area contributed by atoms with Crippen molar-refractivity contribution in [2.24, 2.45) is 5.92 Å². The Morgan fingerprint density at radius 3 is 2.38 bits per heavy atom. The molecule has 0 atom stereocenters. The Hall–Kier alpha value is -2.15. The number of aromatic nitrogens is 3. The summed E-state index contributed by atoms with van der Waals surface area (Å²) in [6.45, 7) is 0.273. The lowest BCUT2D eigenvalue weighted by atomic mass is 10.3. The van der Waals surface area contributed by atoms with Crippen molar-refractivity contribution in [1.29, 1.82) is 0 Å². The van der Waals surface area contributed by atoms with E-state index in [2.05, 4.69) is 10.1 Å². The summed E-state index contributed by atoms with van der Waals surface area (Å²) in [5.74, 6) is -1.28. The molecule has 0 bridgehead atoms. The number of ether oxygens (including phenoxy) is 1. The predicted octanol–water partition coefficient (Wildman–Crippen LogP) is 3.81. The van der Waals surface area contributed by atoms with E-state index < -0.39 is 24.0 Å². The summed E-state index contributed by atoms with van der Waals surface area (Å²) in [6.07, 6.45) is -4.85. The van der Waals surface area contributed by atoms with Crippen LogP contribution in [0.15, 0.2) is 12.2 Å². The SMILES string of the molecule is COCc1nn2c(CN3CC=CC3=O)c(C(F)(F)F)nc2s1.FC(F)(F)C1CC1. The van der Waals surface area contributed by atoms with E-state index in [1.165, 1.54) is 18.1 Å². The van der Waals surface area contributed by atoms with Crippen LogP contribution in [0.4, 0.5) is 26.3 Å². The standard InChI is InChI=1S/C12H11F3N4O2S.C4H5F3/c1-21-6-8-17-19-7(5-18-4-2-3-9(18)20)10(12(13,14)15)16-11(19)22-8;5-4(6,7)3-1-2-3/h2-3H,4-6H2,1H3;3H,1-2H2. The fraction of sp³-hybridized carbons (Fsp3) is 0.562. The lowest BCUT2D eigenvalue weighted by Gasteiger charge is -2.16. The summed E-state index contributed by atoms with van der Waals surface area (Å²) in [7, 11) is 1.47. The lowest BCUT2D eigenvalue weighted by Crippen LogP contribution is -2.27. The van der Waals surface area contributed by atoms with Gasteiger partial charge in [0, 0.05) is 19.7 Å². The fourth-order valence-electron chi connectivity index (χ4n) is 2.59. The van der Waals surface area contributed by atoms with Gasteiger partial charge >= 0.3 is 12.4 Å². The number of methoxy groups -OCH3 is 1. The van der Waals surface area contributed by atoms with Gasteiger partial charge in [0.25, 0.3) is 0 Å². The number of nitrogens with zero attached hydrogens (tertiary/aromatic N) is 4. The zero-order chi connectivity index (χ0) is 21.4. The maximum Gasteiger partial charge on any atom is 0.435 e. The van der Waals surface area contributed by atoms with Crippen molar-refractivity contribution in [2.75, 3.05) is 13.7 Å². The van der Waals surface area contributed by atoms with Crippen LogP contribution in [-0.2, 0) is 28.9 Å². The van der Waals surface area contributed by atoms with Gasteiger partial charge in [-0.3, -0.25) is 4.79 Å². The molecule has 0 spiro atoms. The number of alkyl halides is 6. The van der Waals surface area contributed by atoms with Gasteiger partial charge in [-0.2, -0.15) is 31.4 Å². The summed E-state index contributed by atoms with van der Waals surface area (Å²) < 4.78 is 79.2. The first kappa shape index (κ1) is 21.6. The number of carbonyl (C=O) groups is 1. The number of rotatable bonds is 4. The van der Waals surface area contributed by atoms with Crippen molar-refractivity contribution in [3.05, 3.63) is 28.5 Å². The third-order valence-electron chi connectivity index (χ3n) is 4.15. The van der Waals surface area contributed by atoms with E-state index in [1.807, 2.05) is 0 Å². The highest BCUT2D eigenvalue weighted by Crippen LogP contribution is 2.43. The van der Waals surface area contributed by atoms with Gasteiger partial charge in [0.1, 0.15) is 5.01 Å². The van der Waals surface area contributed by atoms with Crippen LogP contribution in [0.2, 0.25) is 0 Å². The molecular formula is C16H16F6N4O2S. The molecule has 1 saturated carbocycles. The summed E-state index contributed by atoms with van der Waals surface area (Å²) >= 11 is 1.03. The second kappa shape index (κ2) is 7.94. The van der Waals surface area contributed by atoms with E-state index in [0.29, 0.717) is 17.8 Å². The minimum absolute atomic E-state index is 0.133. The van der Waals surface area contributed by atoms with E-state index in [9.17, 15) is 31.1 Å². The summed E-state index contributed by atoms with van der Waals surface area (Å²) in [4.78, 5) is 16.7. The minimum Gasteiger partial charge on any atom is -0.377 e. The number of halogens is 6. The van der Waals surface area contributed by atoms with Gasteiger partial charge in [-0.05, 0) is 12.8 Å². The minimum atomic E-state index is -4.60. The molecule has 2 aromatic heterocycles. The first-order chi connectivity index (χ1) is 13.5. The Kier molecular flexibility index (Phi) is 5.90. The molecule has 1 fully saturated rings. The Bertz CT molecular complexity index is 913. The van der Waals surface area contributed by atoms with Gasteiger partial charge in [0.15, 0.2) is 5.69 Å². The summed E-state index contributed by atoms with van der Waals surface area (Å²) in [6, 6.07) is 0. The summed E-state index contributed by atoms with van der Waals surface area (Å²) in [5, 5.41) is 4.61. The summed E-state index contributed by atoms with van der Waals surface area (Å²) in [5.41, 5.74) is -1.15. The molecule has 0 radical (unpaired) electrons. The normalized spacial score (nSPS) is 17.2. The van der Waals surface area contributed by atoms with Crippen molar-refractivity contribution < 1.29 is 35.9 Å². The van der Waals surface area contributed by atoms with E-state index in [-0.39, 0.29) is 36.3 Å². The number of hydrogen-bond donors (Lipinski definition) is 0. The van der Waals surface area contributed by atoms with E-state index in [0.717, 1.165) is 15.9 Å². The first-order valence-corrected chi connectivity index (χ1v) is 9.28. The monoisotopic (exact) mass is 442 g/mol. The maximum atomic E-state index is 13.1. The van der Waals surface area contributed by atoms with Gasteiger partial charge < -0.3 is 9.64 Å². The molecule has 0 N–H and O–H groups in total. The van der Waals surface area contributed by atoms with Crippen LogP contribution in [0.25, 0.3) is 4.96 Å². The zero-order valence-electron chi connectivity index (χ0n) is 15.0. The van der Waals surface area contributed by atoms with Crippen LogP contribution in [-0.4, -0.2) is 45.2 Å². The predicted molar refractivity (Wildman–Crippen MR) is 89.9 cm³/mol. The lowest BCUT2D eigenvalue weighted by molar-refractivity contribution is -0.147. The maximum absolute atomic E-state index is 13.1. The molecule has 2 aromatic rings. The highest BCUT2D eigenvalue weighted by molar-refractivity contribution is 7.16. The molecule has 2 aliphatic rings. The van der Waals surface area contributed by atoms with Crippen LogP contribution >= 0.6 is 11.3 Å². The Balaban J connectivity index is 0.000000290. The third kappa shape index (κ3) is 5.07. The van der Waals surface area contributed by atoms with Crippen LogP contribution in [0.3, 0.4) is 0 Å². The average molecular weight is 442 g/mol. The average Bonchev–Trinajstić information content (AvgIpc) is 3.18. The van der Waals surface area contributed by atoms with Crippen molar-refractivity contribution in [1.82, 2.24) is 19.5 Å². The molecule has 3 heterocycles. The van der Waals surface area contributed by atoms with Gasteiger partial charge in [0.05, 0.1) is 24.8 Å². The van der Waals surface area contributed by atoms with Gasteiger partial charge in [-0.25, -0.2) is 9.50 Å². The molecule has 1 aliphatic carbocycles. The molecule has 1 amide bonds. The molecule has 1 aliphatic heterocycles. The van der Waals surface area contributed by atoms with E-state index in [1.54, 1.807) is 6.08 Å². The molecule has 0 aromatic carbocycles. The second-order valence-corrected chi connectivity index (χ2v) is 7.51. The molecule has 160 valence electrons. The number of imidazole rings is 1. The van der Waals surface area contributed by atoms with Crippen molar-refractivity contribution in [2.45, 2.75) is 38.3 Å². The number of amides is 1. The zero-order valence-corrected chi connectivity index (χ0v) is 15.9. The number of fused-ring (bicyclic) bond motifs is 1. The molecule has 4 rings (SSSR count). The molecular weight excluding hydrogens is 426 g/mol. The Morgan fingerprint density at radius 1 is 1.24 bits per heavy atom. The van der Waals surface area contributed by atoms with Crippen molar-refractivity contribution >= 4 is 22.2 Å². The Morgan fingerprint density at radius 2 is 1.93 bits per heavy atom. The molecule has 6 nitrogen and oxygen atoms in total. The van der Waals surface area contributed by atoms with Crippen LogP contribution < -0.4 is 0 Å². The quantitative estimate of drug-likeness (QED) is 0.676.